The van der Waals surface area contributed by atoms with Crippen molar-refractivity contribution in [2.24, 2.45) is 0 Å². The number of nitriles is 1. The molecular formula is C25H21BrF2N3O4P. The maximum absolute atomic E-state index is 13.5. The number of hydrogen-bond acceptors (Lipinski definition) is 5. The molecule has 1 aliphatic heterocycles. The number of hydrogen-bond donors (Lipinski definition) is 0. The van der Waals surface area contributed by atoms with Gasteiger partial charge in [-0.2, -0.15) is 5.26 Å². The van der Waals surface area contributed by atoms with Crippen molar-refractivity contribution in [2.75, 3.05) is 6.54 Å². The van der Waals surface area contributed by atoms with Crippen LogP contribution in [0.5, 0.6) is 0 Å². The number of rotatable bonds is 9. The van der Waals surface area contributed by atoms with E-state index in [4.69, 9.17) is 5.26 Å². The highest BCUT2D eigenvalue weighted by Crippen LogP contribution is 2.53. The highest BCUT2D eigenvalue weighted by atomic mass is 79.9. The van der Waals surface area contributed by atoms with E-state index in [1.807, 2.05) is 42.5 Å². The maximum Gasteiger partial charge on any atom is 0.399 e. The number of benzene rings is 3. The number of urea groups is 1. The van der Waals surface area contributed by atoms with Gasteiger partial charge in [0.1, 0.15) is 0 Å². The fourth-order valence-electron chi connectivity index (χ4n) is 4.16. The van der Waals surface area contributed by atoms with Crippen molar-refractivity contribution in [3.8, 4) is 6.07 Å². The lowest BCUT2D eigenvalue weighted by Gasteiger charge is -2.24. The van der Waals surface area contributed by atoms with Crippen LogP contribution in [0.1, 0.15) is 33.9 Å². The summed E-state index contributed by atoms with van der Waals surface area (Å²) in [6.45, 7) is 1.17. The fourth-order valence-corrected chi connectivity index (χ4v) is 5.76. The minimum atomic E-state index is -4.54. The smallest absolute Gasteiger partial charge is 0.318 e. The Morgan fingerprint density at radius 3 is 2.31 bits per heavy atom. The van der Waals surface area contributed by atoms with E-state index >= 15 is 0 Å². The van der Waals surface area contributed by atoms with Gasteiger partial charge in [-0.25, -0.2) is 4.79 Å². The van der Waals surface area contributed by atoms with Crippen LogP contribution in [-0.2, 0) is 33.3 Å². The molecule has 0 radical (unpaired) electrons. The van der Waals surface area contributed by atoms with Crippen LogP contribution in [0.3, 0.4) is 0 Å². The van der Waals surface area contributed by atoms with Crippen molar-refractivity contribution in [1.29, 1.82) is 5.26 Å². The fraction of sp³-hybridized carbons (Fsp3) is 0.200. The first kappa shape index (κ1) is 26.0. The highest BCUT2D eigenvalue weighted by Gasteiger charge is 2.38. The average Bonchev–Trinajstić information content (AvgIpc) is 3.20. The molecule has 1 unspecified atom stereocenters. The third-order valence-corrected chi connectivity index (χ3v) is 7.86. The Balaban J connectivity index is 1.60. The molecule has 0 bridgehead atoms. The third kappa shape index (κ3) is 5.82. The number of carbonyl (C=O) groups excluding carboxylic acids is 1. The first-order valence-corrected chi connectivity index (χ1v) is 13.4. The molecule has 1 aliphatic rings. The lowest BCUT2D eigenvalue weighted by atomic mass is 10.0. The quantitative estimate of drug-likeness (QED) is 0.257. The molecule has 0 spiro atoms. The van der Waals surface area contributed by atoms with Gasteiger partial charge < -0.3 is 9.80 Å². The van der Waals surface area contributed by atoms with Gasteiger partial charge >= 0.3 is 13.6 Å². The van der Waals surface area contributed by atoms with Crippen LogP contribution in [0.2, 0.25) is 0 Å². The van der Waals surface area contributed by atoms with Crippen molar-refractivity contribution in [2.45, 2.75) is 25.3 Å². The summed E-state index contributed by atoms with van der Waals surface area (Å²) in [7, 11) is -4.54. The average molecular weight is 576 g/mol. The molecule has 36 heavy (non-hydrogen) atoms. The molecule has 1 heterocycles. The summed E-state index contributed by atoms with van der Waals surface area (Å²) in [6, 6.07) is 23.5. The molecule has 1 saturated heterocycles. The molecule has 1 atom stereocenters. The largest absolute Gasteiger partial charge is 0.399 e. The van der Waals surface area contributed by atoms with Gasteiger partial charge in [0.25, 0.3) is 0 Å². The Labute approximate surface area is 215 Å². The third-order valence-electron chi connectivity index (χ3n) is 5.97. The van der Waals surface area contributed by atoms with Crippen LogP contribution in [0.25, 0.3) is 0 Å². The molecule has 4 rings (SSSR count). The molecule has 0 N–H and O–H groups in total. The van der Waals surface area contributed by atoms with Gasteiger partial charge in [0.05, 0.1) is 23.8 Å². The monoisotopic (exact) mass is 575 g/mol. The molecule has 2 amide bonds. The Kier molecular flexibility index (Phi) is 8.17. The summed E-state index contributed by atoms with van der Waals surface area (Å²) in [5.74, 6) is 0. The molecule has 0 aliphatic carbocycles. The SMILES string of the molecule is N#Cc1ccc(C2CN(Cc3ccccc3)C(=O)N2Cc2ccc(CP(=O)(OF)OF)c(Br)c2)cc1. The zero-order valence-electron chi connectivity index (χ0n) is 18.9. The van der Waals surface area contributed by atoms with Gasteiger partial charge in [0.15, 0.2) is 0 Å². The van der Waals surface area contributed by atoms with Crippen LogP contribution in [0, 0.1) is 11.3 Å². The normalized spacial score (nSPS) is 15.8. The number of halogens is 3. The first-order valence-electron chi connectivity index (χ1n) is 10.9. The predicted octanol–water partition coefficient (Wildman–Crippen LogP) is 7.00. The summed E-state index contributed by atoms with van der Waals surface area (Å²) < 4.78 is 43.6. The lowest BCUT2D eigenvalue weighted by molar-refractivity contribution is -0.0881. The van der Waals surface area contributed by atoms with Gasteiger partial charge in [-0.3, -0.25) is 4.57 Å². The second-order valence-electron chi connectivity index (χ2n) is 8.36. The Morgan fingerprint density at radius 1 is 1.00 bits per heavy atom. The van der Waals surface area contributed by atoms with E-state index in [0.717, 1.165) is 16.7 Å². The molecule has 0 saturated carbocycles. The Bertz CT molecular complexity index is 1310. The summed E-state index contributed by atoms with van der Waals surface area (Å²) in [6.07, 6.45) is -0.609. The van der Waals surface area contributed by atoms with Crippen LogP contribution in [0.15, 0.2) is 77.3 Å². The van der Waals surface area contributed by atoms with Crippen molar-refractivity contribution in [1.82, 2.24) is 9.80 Å². The zero-order valence-corrected chi connectivity index (χ0v) is 21.4. The molecule has 3 aromatic rings. The predicted molar refractivity (Wildman–Crippen MR) is 132 cm³/mol. The molecular weight excluding hydrogens is 555 g/mol. The highest BCUT2D eigenvalue weighted by molar-refractivity contribution is 9.10. The first-order chi connectivity index (χ1) is 17.4. The second kappa shape index (κ2) is 11.3. The second-order valence-corrected chi connectivity index (χ2v) is 11.0. The van der Waals surface area contributed by atoms with Crippen molar-refractivity contribution in [3.05, 3.63) is 105 Å². The maximum atomic E-state index is 13.5. The van der Waals surface area contributed by atoms with Crippen molar-refractivity contribution >= 4 is 29.6 Å². The molecule has 7 nitrogen and oxygen atoms in total. The molecule has 1 fully saturated rings. The molecule has 3 aromatic carbocycles. The Hall–Kier alpha value is -3.09. The molecule has 11 heteroatoms. The zero-order chi connectivity index (χ0) is 25.7. The van der Waals surface area contributed by atoms with E-state index in [2.05, 4.69) is 31.5 Å². The molecule has 0 aromatic heterocycles. The van der Waals surface area contributed by atoms with Crippen LogP contribution >= 0.6 is 23.5 Å². The summed E-state index contributed by atoms with van der Waals surface area (Å²) in [5, 5.41) is 9.14. The summed E-state index contributed by atoms with van der Waals surface area (Å²) in [5.41, 5.74) is 3.50. The van der Waals surface area contributed by atoms with Gasteiger partial charge in [-0.05, 0) is 49.5 Å². The number of carbonyl (C=O) groups is 1. The minimum Gasteiger partial charge on any atom is -0.318 e. The molecule has 186 valence electrons. The van der Waals surface area contributed by atoms with Crippen LogP contribution < -0.4 is 0 Å². The van der Waals surface area contributed by atoms with Gasteiger partial charge in [-0.15, -0.1) is 9.46 Å². The van der Waals surface area contributed by atoms with Crippen LogP contribution in [-0.4, -0.2) is 22.4 Å². The topological polar surface area (TPSA) is 82.9 Å². The van der Waals surface area contributed by atoms with Gasteiger partial charge in [-0.1, -0.05) is 70.5 Å². The van der Waals surface area contributed by atoms with Crippen molar-refractivity contribution < 1.29 is 27.9 Å². The van der Waals surface area contributed by atoms with E-state index in [0.29, 0.717) is 28.7 Å². The van der Waals surface area contributed by atoms with Gasteiger partial charge in [0.2, 0.25) is 0 Å². The minimum absolute atomic E-state index is 0.144. The van der Waals surface area contributed by atoms with E-state index < -0.39 is 13.8 Å². The van der Waals surface area contributed by atoms with Crippen molar-refractivity contribution in [3.63, 3.8) is 0 Å². The summed E-state index contributed by atoms with van der Waals surface area (Å²) >= 11 is 3.33. The number of amides is 2. The van der Waals surface area contributed by atoms with Gasteiger partial charge in [0, 0.05) is 24.1 Å². The Morgan fingerprint density at radius 2 is 1.69 bits per heavy atom. The van der Waals surface area contributed by atoms with E-state index in [1.54, 1.807) is 40.1 Å². The summed E-state index contributed by atoms with van der Waals surface area (Å²) in [4.78, 5) is 17.0. The standard InChI is InChI=1S/C25H21BrF2N3O4P/c26-23-12-20(8-11-22(23)17-36(33,34-27)35-28)15-31-24(21-9-6-18(13-29)7-10-21)16-30(25(31)32)14-19-4-2-1-3-5-19/h1-12,24H,14-17H2. The van der Waals surface area contributed by atoms with E-state index in [9.17, 15) is 18.4 Å². The lowest BCUT2D eigenvalue weighted by Crippen LogP contribution is -2.32. The van der Waals surface area contributed by atoms with Crippen LogP contribution in [0.4, 0.5) is 13.8 Å². The van der Waals surface area contributed by atoms with E-state index in [1.165, 1.54) is 0 Å². The number of nitrogens with zero attached hydrogens (tertiary/aromatic N) is 3. The van der Waals surface area contributed by atoms with E-state index in [-0.39, 0.29) is 18.6 Å².